The van der Waals surface area contributed by atoms with Crippen LogP contribution in [-0.2, 0) is 18.3 Å². The van der Waals surface area contributed by atoms with Crippen LogP contribution in [0.4, 0.5) is 0 Å². The number of aryl methyl sites for hydroxylation is 2. The van der Waals surface area contributed by atoms with E-state index in [1.807, 2.05) is 25.6 Å². The molecule has 1 rings (SSSR count). The molecule has 0 aliphatic carbocycles. The maximum absolute atomic E-state index is 5.73. The SMILES string of the molecule is COCCNC(N)=NCc1c(C)nn(C)c1C. The Bertz CT molecular complexity index is 397. The van der Waals surface area contributed by atoms with E-state index in [2.05, 4.69) is 15.4 Å². The summed E-state index contributed by atoms with van der Waals surface area (Å²) in [7, 11) is 3.58. The lowest BCUT2D eigenvalue weighted by Crippen LogP contribution is -2.34. The third-order valence-electron chi connectivity index (χ3n) is 2.68. The average molecular weight is 239 g/mol. The molecule has 0 aromatic carbocycles. The Morgan fingerprint density at radius 2 is 2.24 bits per heavy atom. The van der Waals surface area contributed by atoms with Crippen molar-refractivity contribution in [2.75, 3.05) is 20.3 Å². The fourth-order valence-corrected chi connectivity index (χ4v) is 1.55. The summed E-state index contributed by atoms with van der Waals surface area (Å²) >= 11 is 0. The summed E-state index contributed by atoms with van der Waals surface area (Å²) in [6.45, 7) is 5.83. The maximum atomic E-state index is 5.73. The third kappa shape index (κ3) is 3.74. The van der Waals surface area contributed by atoms with Gasteiger partial charge in [0, 0.05) is 32.0 Å². The molecule has 1 aromatic heterocycles. The van der Waals surface area contributed by atoms with Gasteiger partial charge in [-0.3, -0.25) is 4.68 Å². The minimum atomic E-state index is 0.435. The predicted molar refractivity (Wildman–Crippen MR) is 67.9 cm³/mol. The molecule has 1 heterocycles. The molecule has 0 bridgehead atoms. The second kappa shape index (κ2) is 6.24. The monoisotopic (exact) mass is 239 g/mol. The zero-order valence-corrected chi connectivity index (χ0v) is 10.9. The van der Waals surface area contributed by atoms with Gasteiger partial charge in [0.05, 0.1) is 18.8 Å². The second-order valence-corrected chi connectivity index (χ2v) is 3.89. The Morgan fingerprint density at radius 1 is 1.53 bits per heavy atom. The van der Waals surface area contributed by atoms with Crippen LogP contribution in [0.2, 0.25) is 0 Å². The van der Waals surface area contributed by atoms with E-state index in [-0.39, 0.29) is 0 Å². The maximum Gasteiger partial charge on any atom is 0.189 e. The van der Waals surface area contributed by atoms with Crippen LogP contribution < -0.4 is 11.1 Å². The molecule has 0 aliphatic heterocycles. The molecular formula is C11H21N5O. The Morgan fingerprint density at radius 3 is 2.76 bits per heavy atom. The van der Waals surface area contributed by atoms with Crippen LogP contribution in [0.1, 0.15) is 17.0 Å². The normalized spacial score (nSPS) is 11.9. The number of nitrogens with one attached hydrogen (secondary N) is 1. The first-order chi connectivity index (χ1) is 8.06. The minimum absolute atomic E-state index is 0.435. The van der Waals surface area contributed by atoms with Gasteiger partial charge in [0.25, 0.3) is 0 Å². The number of hydrogen-bond donors (Lipinski definition) is 2. The molecule has 3 N–H and O–H groups in total. The first-order valence-corrected chi connectivity index (χ1v) is 5.58. The standard InChI is InChI=1S/C11H21N5O/c1-8-10(9(2)16(3)15-8)7-14-11(12)13-5-6-17-4/h5-7H2,1-4H3,(H3,12,13,14). The molecule has 0 atom stereocenters. The van der Waals surface area contributed by atoms with E-state index in [1.54, 1.807) is 7.11 Å². The fraction of sp³-hybridized carbons (Fsp3) is 0.636. The van der Waals surface area contributed by atoms with Gasteiger partial charge in [0.1, 0.15) is 0 Å². The lowest BCUT2D eigenvalue weighted by atomic mass is 10.2. The van der Waals surface area contributed by atoms with E-state index < -0.39 is 0 Å². The van der Waals surface area contributed by atoms with Gasteiger partial charge in [-0.15, -0.1) is 0 Å². The van der Waals surface area contributed by atoms with Crippen molar-refractivity contribution in [3.05, 3.63) is 17.0 Å². The quantitative estimate of drug-likeness (QED) is 0.433. The van der Waals surface area contributed by atoms with Crippen LogP contribution in [-0.4, -0.2) is 36.0 Å². The van der Waals surface area contributed by atoms with Crippen molar-refractivity contribution >= 4 is 5.96 Å². The van der Waals surface area contributed by atoms with Crippen molar-refractivity contribution in [3.8, 4) is 0 Å². The molecule has 0 spiro atoms. The second-order valence-electron chi connectivity index (χ2n) is 3.89. The van der Waals surface area contributed by atoms with E-state index in [0.717, 1.165) is 17.0 Å². The highest BCUT2D eigenvalue weighted by atomic mass is 16.5. The molecule has 0 radical (unpaired) electrons. The molecule has 1 aromatic rings. The zero-order valence-electron chi connectivity index (χ0n) is 10.9. The highest BCUT2D eigenvalue weighted by molar-refractivity contribution is 5.77. The lowest BCUT2D eigenvalue weighted by molar-refractivity contribution is 0.204. The Kier molecular flexibility index (Phi) is 4.96. The molecule has 0 saturated carbocycles. The fourth-order valence-electron chi connectivity index (χ4n) is 1.55. The smallest absolute Gasteiger partial charge is 0.189 e. The average Bonchev–Trinajstić information content (AvgIpc) is 2.51. The first kappa shape index (κ1) is 13.5. The van der Waals surface area contributed by atoms with Crippen molar-refractivity contribution in [1.82, 2.24) is 15.1 Å². The van der Waals surface area contributed by atoms with Gasteiger partial charge in [-0.1, -0.05) is 0 Å². The largest absolute Gasteiger partial charge is 0.383 e. The molecule has 0 unspecified atom stereocenters. The molecule has 17 heavy (non-hydrogen) atoms. The summed E-state index contributed by atoms with van der Waals surface area (Å²) in [4.78, 5) is 4.28. The molecular weight excluding hydrogens is 218 g/mol. The van der Waals surface area contributed by atoms with E-state index in [0.29, 0.717) is 25.7 Å². The predicted octanol–water partition coefficient (Wildman–Crippen LogP) is 0.0876. The molecule has 0 fully saturated rings. The molecule has 0 saturated heterocycles. The summed E-state index contributed by atoms with van der Waals surface area (Å²) in [5, 5.41) is 7.31. The van der Waals surface area contributed by atoms with Crippen molar-refractivity contribution in [2.24, 2.45) is 17.8 Å². The summed E-state index contributed by atoms with van der Waals surface area (Å²) in [5.74, 6) is 0.435. The third-order valence-corrected chi connectivity index (χ3v) is 2.68. The number of nitrogens with two attached hydrogens (primary N) is 1. The van der Waals surface area contributed by atoms with Gasteiger partial charge in [-0.2, -0.15) is 5.10 Å². The molecule has 96 valence electrons. The zero-order chi connectivity index (χ0) is 12.8. The van der Waals surface area contributed by atoms with Crippen LogP contribution in [0.25, 0.3) is 0 Å². The summed E-state index contributed by atoms with van der Waals surface area (Å²) in [6, 6.07) is 0. The first-order valence-electron chi connectivity index (χ1n) is 5.58. The van der Waals surface area contributed by atoms with Crippen LogP contribution in [0.3, 0.4) is 0 Å². The topological polar surface area (TPSA) is 77.5 Å². The number of aromatic nitrogens is 2. The number of hydrogen-bond acceptors (Lipinski definition) is 3. The van der Waals surface area contributed by atoms with E-state index in [9.17, 15) is 0 Å². The molecule has 6 nitrogen and oxygen atoms in total. The molecule has 6 heteroatoms. The number of methoxy groups -OCH3 is 1. The lowest BCUT2D eigenvalue weighted by Gasteiger charge is -2.04. The Balaban J connectivity index is 2.56. The molecule has 0 amide bonds. The minimum Gasteiger partial charge on any atom is -0.383 e. The molecule has 0 aliphatic rings. The Hall–Kier alpha value is -1.56. The van der Waals surface area contributed by atoms with Crippen LogP contribution in [0.15, 0.2) is 4.99 Å². The number of guanidine groups is 1. The summed E-state index contributed by atoms with van der Waals surface area (Å²) < 4.78 is 6.77. The van der Waals surface area contributed by atoms with Gasteiger partial charge >= 0.3 is 0 Å². The number of rotatable bonds is 5. The van der Waals surface area contributed by atoms with E-state index >= 15 is 0 Å². The number of ether oxygens (including phenoxy) is 1. The number of aliphatic imine (C=N–C) groups is 1. The summed E-state index contributed by atoms with van der Waals surface area (Å²) in [5.41, 5.74) is 8.97. The van der Waals surface area contributed by atoms with Crippen LogP contribution in [0.5, 0.6) is 0 Å². The van der Waals surface area contributed by atoms with Gasteiger partial charge < -0.3 is 15.8 Å². The van der Waals surface area contributed by atoms with Crippen molar-refractivity contribution < 1.29 is 4.74 Å². The summed E-state index contributed by atoms with van der Waals surface area (Å²) in [6.07, 6.45) is 0. The van der Waals surface area contributed by atoms with Gasteiger partial charge in [-0.25, -0.2) is 4.99 Å². The van der Waals surface area contributed by atoms with Crippen molar-refractivity contribution in [3.63, 3.8) is 0 Å². The highest BCUT2D eigenvalue weighted by Crippen LogP contribution is 2.12. The van der Waals surface area contributed by atoms with Crippen LogP contribution in [0, 0.1) is 13.8 Å². The van der Waals surface area contributed by atoms with Gasteiger partial charge in [0.2, 0.25) is 0 Å². The van der Waals surface area contributed by atoms with Crippen molar-refractivity contribution in [2.45, 2.75) is 20.4 Å². The van der Waals surface area contributed by atoms with Crippen molar-refractivity contribution in [1.29, 1.82) is 0 Å². The van der Waals surface area contributed by atoms with Gasteiger partial charge in [0.15, 0.2) is 5.96 Å². The van der Waals surface area contributed by atoms with E-state index in [4.69, 9.17) is 10.5 Å². The van der Waals surface area contributed by atoms with Gasteiger partial charge in [-0.05, 0) is 13.8 Å². The van der Waals surface area contributed by atoms with E-state index in [1.165, 1.54) is 0 Å². The number of nitrogens with zero attached hydrogens (tertiary/aromatic N) is 3. The van der Waals surface area contributed by atoms with Crippen LogP contribution >= 0.6 is 0 Å². The highest BCUT2D eigenvalue weighted by Gasteiger charge is 2.08. The Labute approximate surface area is 102 Å².